The fraction of sp³-hybridized carbons (Fsp3) is 0.324. The molecule has 0 unspecified atom stereocenters. The summed E-state index contributed by atoms with van der Waals surface area (Å²) >= 11 is 0. The molecule has 0 aliphatic heterocycles. The first kappa shape index (κ1) is 28.8. The normalized spacial score (nSPS) is 10.4. The predicted molar refractivity (Wildman–Crippen MR) is 157 cm³/mol. The maximum atomic E-state index is 12.4. The van der Waals surface area contributed by atoms with Gasteiger partial charge in [0, 0.05) is 29.1 Å². The van der Waals surface area contributed by atoms with Crippen molar-refractivity contribution in [1.82, 2.24) is 9.97 Å². The fourth-order valence-electron chi connectivity index (χ4n) is 3.89. The lowest BCUT2D eigenvalue weighted by molar-refractivity contribution is 0.103. The van der Waals surface area contributed by atoms with Crippen molar-refractivity contribution in [2.24, 2.45) is 0 Å². The van der Waals surface area contributed by atoms with Crippen LogP contribution in [-0.2, 0) is 0 Å². The van der Waals surface area contributed by atoms with Crippen LogP contribution in [0.2, 0.25) is 0 Å². The third kappa shape index (κ3) is 9.59. The smallest absolute Gasteiger partial charge is 0.193 e. The van der Waals surface area contributed by atoms with Crippen LogP contribution >= 0.6 is 0 Å². The van der Waals surface area contributed by atoms with Crippen molar-refractivity contribution >= 4 is 5.78 Å². The van der Waals surface area contributed by atoms with Gasteiger partial charge in [-0.3, -0.25) is 4.79 Å². The highest BCUT2D eigenvalue weighted by atomic mass is 16.5. The molecular weight excluding hydrogens is 468 g/mol. The molecule has 0 radical (unpaired) electrons. The minimum Gasteiger partial charge on any atom is -0.494 e. The second-order valence-corrected chi connectivity index (χ2v) is 9.79. The first-order valence-electron chi connectivity index (χ1n) is 13.7. The highest BCUT2D eigenvalue weighted by Gasteiger charge is 2.08. The standard InChI is InChI=1S/C22H28O2.C12H12N2/c1-3-4-5-6-7-8-17-24-21-15-13-20(14-16-21)22(23)19-11-9-18(2)10-12-19;1-9-3-5-11(6-4-9)12-13-7-10(2)8-14-12/h9-16H,3-8,17H2,1-2H3;3-8H,1-2H3. The number of aromatic nitrogens is 2. The first-order chi connectivity index (χ1) is 18.5. The van der Waals surface area contributed by atoms with E-state index in [4.69, 9.17) is 4.74 Å². The average molecular weight is 509 g/mol. The first-order valence-corrected chi connectivity index (χ1v) is 13.7. The summed E-state index contributed by atoms with van der Waals surface area (Å²) in [7, 11) is 0. The number of nitrogens with zero attached hydrogens (tertiary/aromatic N) is 2. The molecule has 0 saturated carbocycles. The highest BCUT2D eigenvalue weighted by molar-refractivity contribution is 6.09. The van der Waals surface area contributed by atoms with E-state index < -0.39 is 0 Å². The lowest BCUT2D eigenvalue weighted by Gasteiger charge is -2.07. The SMILES string of the molecule is CCCCCCCCOc1ccc(C(=O)c2ccc(C)cc2)cc1.Cc1ccc(-c2ncc(C)cn2)cc1. The third-order valence-electron chi connectivity index (χ3n) is 6.29. The van der Waals surface area contributed by atoms with E-state index in [9.17, 15) is 4.79 Å². The van der Waals surface area contributed by atoms with Gasteiger partial charge in [0.1, 0.15) is 5.75 Å². The molecule has 198 valence electrons. The van der Waals surface area contributed by atoms with Crippen LogP contribution in [0.1, 0.15) is 78.1 Å². The molecule has 4 aromatic rings. The van der Waals surface area contributed by atoms with Gasteiger partial charge in [-0.15, -0.1) is 0 Å². The number of rotatable bonds is 11. The van der Waals surface area contributed by atoms with Crippen molar-refractivity contribution in [3.8, 4) is 17.1 Å². The maximum absolute atomic E-state index is 12.4. The highest BCUT2D eigenvalue weighted by Crippen LogP contribution is 2.17. The minimum atomic E-state index is 0.0532. The predicted octanol–water partition coefficient (Wildman–Crippen LogP) is 8.73. The summed E-state index contributed by atoms with van der Waals surface area (Å²) in [5, 5.41) is 0. The molecule has 0 N–H and O–H groups in total. The van der Waals surface area contributed by atoms with Gasteiger partial charge in [0.25, 0.3) is 0 Å². The zero-order valence-corrected chi connectivity index (χ0v) is 23.2. The van der Waals surface area contributed by atoms with Gasteiger partial charge in [-0.05, 0) is 57.0 Å². The number of hydrogen-bond donors (Lipinski definition) is 0. The Morgan fingerprint density at radius 2 is 1.13 bits per heavy atom. The van der Waals surface area contributed by atoms with E-state index in [1.807, 2.05) is 86.9 Å². The van der Waals surface area contributed by atoms with Gasteiger partial charge in [-0.25, -0.2) is 9.97 Å². The molecule has 0 spiro atoms. The zero-order chi connectivity index (χ0) is 27.2. The van der Waals surface area contributed by atoms with E-state index in [1.54, 1.807) is 0 Å². The quantitative estimate of drug-likeness (QED) is 0.150. The summed E-state index contributed by atoms with van der Waals surface area (Å²) in [5.41, 5.74) is 5.98. The number of unbranched alkanes of at least 4 members (excludes halogenated alkanes) is 5. The molecule has 1 aromatic heterocycles. The largest absolute Gasteiger partial charge is 0.494 e. The van der Waals surface area contributed by atoms with E-state index in [-0.39, 0.29) is 5.78 Å². The molecule has 4 rings (SSSR count). The number of aryl methyl sites for hydroxylation is 3. The van der Waals surface area contributed by atoms with Gasteiger partial charge < -0.3 is 4.74 Å². The Kier molecular flexibility index (Phi) is 11.7. The molecule has 0 fully saturated rings. The lowest BCUT2D eigenvalue weighted by atomic mass is 10.0. The molecular formula is C34H40N2O2. The fourth-order valence-corrected chi connectivity index (χ4v) is 3.89. The van der Waals surface area contributed by atoms with Gasteiger partial charge >= 0.3 is 0 Å². The molecule has 4 heteroatoms. The van der Waals surface area contributed by atoms with Crippen LogP contribution in [0.3, 0.4) is 0 Å². The van der Waals surface area contributed by atoms with Gasteiger partial charge in [0.2, 0.25) is 0 Å². The number of ether oxygens (including phenoxy) is 1. The van der Waals surface area contributed by atoms with Crippen molar-refractivity contribution in [1.29, 1.82) is 0 Å². The van der Waals surface area contributed by atoms with Gasteiger partial charge in [0.05, 0.1) is 6.61 Å². The number of carbonyl (C=O) groups excluding carboxylic acids is 1. The summed E-state index contributed by atoms with van der Waals surface area (Å²) in [6.45, 7) is 9.05. The Balaban J connectivity index is 0.000000241. The molecule has 1 heterocycles. The Morgan fingerprint density at radius 3 is 1.71 bits per heavy atom. The second kappa shape index (κ2) is 15.5. The summed E-state index contributed by atoms with van der Waals surface area (Å²) in [6.07, 6.45) is 11.2. The average Bonchev–Trinajstić information content (AvgIpc) is 2.94. The summed E-state index contributed by atoms with van der Waals surface area (Å²) in [5.74, 6) is 1.68. The number of benzene rings is 3. The Morgan fingerprint density at radius 1 is 0.632 bits per heavy atom. The summed E-state index contributed by atoms with van der Waals surface area (Å²) in [6, 6.07) is 23.4. The maximum Gasteiger partial charge on any atom is 0.193 e. The molecule has 0 aliphatic carbocycles. The number of hydrogen-bond acceptors (Lipinski definition) is 4. The molecule has 38 heavy (non-hydrogen) atoms. The van der Waals surface area contributed by atoms with Gasteiger partial charge in [-0.2, -0.15) is 0 Å². The van der Waals surface area contributed by atoms with Crippen LogP contribution in [0.15, 0.2) is 85.2 Å². The van der Waals surface area contributed by atoms with Crippen LogP contribution in [0.25, 0.3) is 11.4 Å². The van der Waals surface area contributed by atoms with Crippen LogP contribution in [0.4, 0.5) is 0 Å². The van der Waals surface area contributed by atoms with Crippen LogP contribution in [0, 0.1) is 20.8 Å². The van der Waals surface area contributed by atoms with Crippen LogP contribution in [0.5, 0.6) is 5.75 Å². The molecule has 0 amide bonds. The number of ketones is 1. The number of carbonyl (C=O) groups is 1. The van der Waals surface area contributed by atoms with Crippen molar-refractivity contribution in [3.05, 3.63) is 113 Å². The summed E-state index contributed by atoms with van der Waals surface area (Å²) in [4.78, 5) is 20.9. The molecule has 0 saturated heterocycles. The van der Waals surface area contributed by atoms with E-state index in [0.29, 0.717) is 5.56 Å². The van der Waals surface area contributed by atoms with E-state index >= 15 is 0 Å². The minimum absolute atomic E-state index is 0.0532. The Hall–Kier alpha value is -3.79. The van der Waals surface area contributed by atoms with Gasteiger partial charge in [-0.1, -0.05) is 98.7 Å². The Bertz CT molecular complexity index is 1190. The topological polar surface area (TPSA) is 52.1 Å². The van der Waals surface area contributed by atoms with E-state index in [0.717, 1.165) is 46.9 Å². The molecule has 0 bridgehead atoms. The second-order valence-electron chi connectivity index (χ2n) is 9.79. The molecule has 4 nitrogen and oxygen atoms in total. The van der Waals surface area contributed by atoms with Gasteiger partial charge in [0.15, 0.2) is 11.6 Å². The van der Waals surface area contributed by atoms with E-state index in [2.05, 4.69) is 35.9 Å². The van der Waals surface area contributed by atoms with Crippen molar-refractivity contribution in [2.45, 2.75) is 66.2 Å². The molecule has 3 aromatic carbocycles. The summed E-state index contributed by atoms with van der Waals surface area (Å²) < 4.78 is 5.76. The van der Waals surface area contributed by atoms with E-state index in [1.165, 1.54) is 37.7 Å². The van der Waals surface area contributed by atoms with Crippen LogP contribution in [-0.4, -0.2) is 22.4 Å². The monoisotopic (exact) mass is 508 g/mol. The molecule has 0 atom stereocenters. The van der Waals surface area contributed by atoms with Crippen molar-refractivity contribution in [3.63, 3.8) is 0 Å². The van der Waals surface area contributed by atoms with Crippen LogP contribution < -0.4 is 4.74 Å². The van der Waals surface area contributed by atoms with Crippen molar-refractivity contribution in [2.75, 3.05) is 6.61 Å². The molecule has 0 aliphatic rings. The Labute approximate surface area is 228 Å². The van der Waals surface area contributed by atoms with Crippen molar-refractivity contribution < 1.29 is 9.53 Å². The third-order valence-corrected chi connectivity index (χ3v) is 6.29. The lowest BCUT2D eigenvalue weighted by Crippen LogP contribution is -2.02. The zero-order valence-electron chi connectivity index (χ0n) is 23.2.